The van der Waals surface area contributed by atoms with Crippen molar-refractivity contribution in [1.82, 2.24) is 0 Å². The van der Waals surface area contributed by atoms with Gasteiger partial charge in [0.25, 0.3) is 0 Å². The molecule has 1 atom stereocenters. The van der Waals surface area contributed by atoms with E-state index < -0.39 is 6.61 Å². The maximum Gasteiger partial charge on any atom is 0.387 e. The van der Waals surface area contributed by atoms with E-state index in [2.05, 4.69) is 4.74 Å². The van der Waals surface area contributed by atoms with Crippen LogP contribution in [-0.4, -0.2) is 19.3 Å². The highest BCUT2D eigenvalue weighted by molar-refractivity contribution is 5.30. The number of hydrogen-bond donors (Lipinski definition) is 1. The SMILES string of the molecule is CC(C)OCC(N)c1cccc(OC(F)F)c1. The molecule has 2 N–H and O–H groups in total. The lowest BCUT2D eigenvalue weighted by Gasteiger charge is -2.15. The molecule has 1 aromatic carbocycles. The van der Waals surface area contributed by atoms with Gasteiger partial charge >= 0.3 is 6.61 Å². The van der Waals surface area contributed by atoms with Crippen LogP contribution in [0.25, 0.3) is 0 Å². The van der Waals surface area contributed by atoms with Crippen LogP contribution >= 0.6 is 0 Å². The van der Waals surface area contributed by atoms with Crippen molar-refractivity contribution in [2.24, 2.45) is 5.73 Å². The van der Waals surface area contributed by atoms with E-state index in [9.17, 15) is 8.78 Å². The molecule has 0 amide bonds. The Labute approximate surface area is 99.5 Å². The summed E-state index contributed by atoms with van der Waals surface area (Å²) in [4.78, 5) is 0. The first-order chi connectivity index (χ1) is 7.99. The number of halogens is 2. The molecule has 0 fully saturated rings. The Morgan fingerprint density at radius 3 is 2.59 bits per heavy atom. The normalized spacial score (nSPS) is 13.1. The Balaban J connectivity index is 2.63. The van der Waals surface area contributed by atoms with Crippen LogP contribution in [0.15, 0.2) is 24.3 Å². The lowest BCUT2D eigenvalue weighted by atomic mass is 10.1. The molecule has 0 saturated heterocycles. The van der Waals surface area contributed by atoms with Gasteiger partial charge in [-0.2, -0.15) is 8.78 Å². The van der Waals surface area contributed by atoms with Crippen molar-refractivity contribution in [1.29, 1.82) is 0 Å². The molecule has 1 unspecified atom stereocenters. The maximum absolute atomic E-state index is 12.0. The zero-order valence-electron chi connectivity index (χ0n) is 9.90. The first kappa shape index (κ1) is 13.9. The number of alkyl halides is 2. The van der Waals surface area contributed by atoms with Gasteiger partial charge in [0.1, 0.15) is 5.75 Å². The van der Waals surface area contributed by atoms with Gasteiger partial charge in [-0.15, -0.1) is 0 Å². The summed E-state index contributed by atoms with van der Waals surface area (Å²) in [7, 11) is 0. The molecular weight excluding hydrogens is 228 g/mol. The molecule has 0 aliphatic carbocycles. The Morgan fingerprint density at radius 1 is 1.29 bits per heavy atom. The Kier molecular flexibility index (Phi) is 5.31. The highest BCUT2D eigenvalue weighted by Gasteiger charge is 2.10. The summed E-state index contributed by atoms with van der Waals surface area (Å²) in [5.41, 5.74) is 6.59. The van der Waals surface area contributed by atoms with Crippen LogP contribution in [-0.2, 0) is 4.74 Å². The van der Waals surface area contributed by atoms with E-state index in [1.807, 2.05) is 13.8 Å². The second-order valence-electron chi connectivity index (χ2n) is 3.94. The first-order valence-corrected chi connectivity index (χ1v) is 5.41. The number of ether oxygens (including phenoxy) is 2. The van der Waals surface area contributed by atoms with Gasteiger partial charge in [-0.3, -0.25) is 0 Å². The Morgan fingerprint density at radius 2 is 2.00 bits per heavy atom. The molecule has 1 rings (SSSR count). The summed E-state index contributed by atoms with van der Waals surface area (Å²) in [6.45, 7) is 1.33. The van der Waals surface area contributed by atoms with Crippen LogP contribution in [0, 0.1) is 0 Å². The number of rotatable bonds is 6. The summed E-state index contributed by atoms with van der Waals surface area (Å²) < 4.78 is 33.7. The van der Waals surface area contributed by atoms with Crippen LogP contribution in [0.4, 0.5) is 8.78 Å². The molecule has 0 radical (unpaired) electrons. The second kappa shape index (κ2) is 6.51. The smallest absolute Gasteiger partial charge is 0.387 e. The van der Waals surface area contributed by atoms with Gasteiger partial charge in [0.05, 0.1) is 18.8 Å². The van der Waals surface area contributed by atoms with E-state index in [0.29, 0.717) is 12.2 Å². The van der Waals surface area contributed by atoms with Crippen molar-refractivity contribution in [2.75, 3.05) is 6.61 Å². The maximum atomic E-state index is 12.0. The van der Waals surface area contributed by atoms with Gasteiger partial charge in [0.15, 0.2) is 0 Å². The number of hydrogen-bond acceptors (Lipinski definition) is 3. The van der Waals surface area contributed by atoms with Crippen molar-refractivity contribution in [3.05, 3.63) is 29.8 Å². The second-order valence-corrected chi connectivity index (χ2v) is 3.94. The fourth-order valence-electron chi connectivity index (χ4n) is 1.31. The molecule has 96 valence electrons. The highest BCUT2D eigenvalue weighted by atomic mass is 19.3. The fraction of sp³-hybridized carbons (Fsp3) is 0.500. The Bertz CT molecular complexity index is 345. The van der Waals surface area contributed by atoms with E-state index in [-0.39, 0.29) is 17.9 Å². The molecule has 17 heavy (non-hydrogen) atoms. The molecule has 0 bridgehead atoms. The monoisotopic (exact) mass is 245 g/mol. The van der Waals surface area contributed by atoms with Crippen molar-refractivity contribution in [3.8, 4) is 5.75 Å². The lowest BCUT2D eigenvalue weighted by molar-refractivity contribution is -0.0499. The van der Waals surface area contributed by atoms with Crippen molar-refractivity contribution < 1.29 is 18.3 Å². The zero-order chi connectivity index (χ0) is 12.8. The third-order valence-corrected chi connectivity index (χ3v) is 2.12. The van der Waals surface area contributed by atoms with E-state index in [1.54, 1.807) is 12.1 Å². The minimum absolute atomic E-state index is 0.0848. The minimum atomic E-state index is -2.83. The van der Waals surface area contributed by atoms with Gasteiger partial charge < -0.3 is 15.2 Å². The summed E-state index contributed by atoms with van der Waals surface area (Å²) in [6, 6.07) is 6.00. The molecule has 0 spiro atoms. The van der Waals surface area contributed by atoms with E-state index in [4.69, 9.17) is 10.5 Å². The molecule has 0 saturated carbocycles. The van der Waals surface area contributed by atoms with Gasteiger partial charge in [0, 0.05) is 0 Å². The molecule has 3 nitrogen and oxygen atoms in total. The summed E-state index contributed by atoms with van der Waals surface area (Å²) in [5.74, 6) is 0.109. The standard InChI is InChI=1S/C12H17F2NO2/c1-8(2)16-7-11(15)9-4-3-5-10(6-9)17-12(13)14/h3-6,8,11-12H,7,15H2,1-2H3. The average molecular weight is 245 g/mol. The summed E-state index contributed by atoms with van der Waals surface area (Å²) in [5, 5.41) is 0. The Hall–Kier alpha value is -1.20. The minimum Gasteiger partial charge on any atom is -0.435 e. The first-order valence-electron chi connectivity index (χ1n) is 5.41. The van der Waals surface area contributed by atoms with Crippen molar-refractivity contribution in [2.45, 2.75) is 32.6 Å². The van der Waals surface area contributed by atoms with Gasteiger partial charge in [0.2, 0.25) is 0 Å². The fourth-order valence-corrected chi connectivity index (χ4v) is 1.31. The van der Waals surface area contributed by atoms with Crippen LogP contribution in [0.1, 0.15) is 25.5 Å². The molecule has 1 aromatic rings. The zero-order valence-corrected chi connectivity index (χ0v) is 9.90. The largest absolute Gasteiger partial charge is 0.435 e. The highest BCUT2D eigenvalue weighted by Crippen LogP contribution is 2.20. The number of benzene rings is 1. The molecule has 0 aliphatic rings. The van der Waals surface area contributed by atoms with E-state index in [0.717, 1.165) is 0 Å². The van der Waals surface area contributed by atoms with Gasteiger partial charge in [-0.25, -0.2) is 0 Å². The quantitative estimate of drug-likeness (QED) is 0.838. The third kappa shape index (κ3) is 5.10. The average Bonchev–Trinajstić information content (AvgIpc) is 2.25. The predicted octanol–water partition coefficient (Wildman–Crippen LogP) is 2.71. The van der Waals surface area contributed by atoms with Crippen molar-refractivity contribution >= 4 is 0 Å². The molecule has 0 heterocycles. The predicted molar refractivity (Wildman–Crippen MR) is 61.1 cm³/mol. The van der Waals surface area contributed by atoms with E-state index >= 15 is 0 Å². The van der Waals surface area contributed by atoms with Gasteiger partial charge in [-0.05, 0) is 31.5 Å². The van der Waals surface area contributed by atoms with Crippen molar-refractivity contribution in [3.63, 3.8) is 0 Å². The van der Waals surface area contributed by atoms with E-state index in [1.165, 1.54) is 12.1 Å². The molecule has 5 heteroatoms. The van der Waals surface area contributed by atoms with Gasteiger partial charge in [-0.1, -0.05) is 12.1 Å². The topological polar surface area (TPSA) is 44.5 Å². The van der Waals surface area contributed by atoms with Crippen LogP contribution in [0.3, 0.4) is 0 Å². The third-order valence-electron chi connectivity index (χ3n) is 2.12. The van der Waals surface area contributed by atoms with Crippen LogP contribution in [0.5, 0.6) is 5.75 Å². The number of nitrogens with two attached hydrogens (primary N) is 1. The molecular formula is C12H17F2NO2. The summed E-state index contributed by atoms with van der Waals surface area (Å²) >= 11 is 0. The molecule has 0 aromatic heterocycles. The van der Waals surface area contributed by atoms with Crippen LogP contribution in [0.2, 0.25) is 0 Å². The molecule has 0 aliphatic heterocycles. The van der Waals surface area contributed by atoms with Crippen LogP contribution < -0.4 is 10.5 Å². The lowest BCUT2D eigenvalue weighted by Crippen LogP contribution is -2.19. The summed E-state index contributed by atoms with van der Waals surface area (Å²) in [6.07, 6.45) is 0.0848.